The predicted molar refractivity (Wildman–Crippen MR) is 86.9 cm³/mol. The molecule has 23 heavy (non-hydrogen) atoms. The molecule has 2 N–H and O–H groups in total. The highest BCUT2D eigenvalue weighted by Crippen LogP contribution is 2.33. The fourth-order valence-electron chi connectivity index (χ4n) is 1.74. The third-order valence-corrected chi connectivity index (χ3v) is 2.84. The topological polar surface area (TPSA) is 44.5 Å². The summed E-state index contributed by atoms with van der Waals surface area (Å²) in [5, 5.41) is 0. The van der Waals surface area contributed by atoms with E-state index in [1.165, 1.54) is 12.1 Å². The summed E-state index contributed by atoms with van der Waals surface area (Å²) in [7, 11) is 0. The predicted octanol–water partition coefficient (Wildman–Crippen LogP) is 5.24. The minimum Gasteiger partial charge on any atom is -0.493 e. The molecule has 0 spiro atoms. The van der Waals surface area contributed by atoms with Crippen LogP contribution in [-0.4, -0.2) is 18.5 Å². The fourth-order valence-corrected chi connectivity index (χ4v) is 1.74. The summed E-state index contributed by atoms with van der Waals surface area (Å²) < 4.78 is 46.3. The van der Waals surface area contributed by atoms with Gasteiger partial charge in [0, 0.05) is 11.6 Å². The first-order valence-corrected chi connectivity index (χ1v) is 7.79. The lowest BCUT2D eigenvalue weighted by Crippen LogP contribution is -2.33. The Labute approximate surface area is 137 Å². The van der Waals surface area contributed by atoms with E-state index in [1.807, 2.05) is 41.5 Å². The van der Waals surface area contributed by atoms with Crippen molar-refractivity contribution in [2.45, 2.75) is 65.8 Å². The summed E-state index contributed by atoms with van der Waals surface area (Å²) in [6.45, 7) is 11.9. The van der Waals surface area contributed by atoms with E-state index in [9.17, 15) is 13.2 Å². The standard InChI is InChI=1S/C15H22F3NO2.C2H6/c1-10(2)12-6-5-11(21-15(16,17)18)9-13(12)20-8-7-14(3,4)19;1-2/h5-6,9-10H,7-8,19H2,1-4H3;1-2H3. The molecule has 0 unspecified atom stereocenters. The van der Waals surface area contributed by atoms with E-state index in [1.54, 1.807) is 6.07 Å². The van der Waals surface area contributed by atoms with Crippen LogP contribution in [0.5, 0.6) is 11.5 Å². The number of ether oxygens (including phenoxy) is 2. The van der Waals surface area contributed by atoms with Crippen LogP contribution in [-0.2, 0) is 0 Å². The quantitative estimate of drug-likeness (QED) is 0.773. The molecule has 0 aliphatic rings. The lowest BCUT2D eigenvalue weighted by atomic mass is 10.0. The third-order valence-electron chi connectivity index (χ3n) is 2.84. The number of rotatable bonds is 6. The molecule has 0 atom stereocenters. The van der Waals surface area contributed by atoms with Gasteiger partial charge in [0.05, 0.1) is 6.61 Å². The van der Waals surface area contributed by atoms with Gasteiger partial charge >= 0.3 is 6.36 Å². The van der Waals surface area contributed by atoms with Gasteiger partial charge in [0.2, 0.25) is 0 Å². The van der Waals surface area contributed by atoms with Gasteiger partial charge in [-0.15, -0.1) is 13.2 Å². The molecule has 1 aromatic carbocycles. The Morgan fingerprint density at radius 1 is 1.13 bits per heavy atom. The van der Waals surface area contributed by atoms with Crippen molar-refractivity contribution < 1.29 is 22.6 Å². The second-order valence-corrected chi connectivity index (χ2v) is 5.99. The molecule has 0 amide bonds. The summed E-state index contributed by atoms with van der Waals surface area (Å²) in [4.78, 5) is 0. The van der Waals surface area contributed by atoms with Gasteiger partial charge in [-0.3, -0.25) is 0 Å². The molecule has 0 radical (unpaired) electrons. The highest BCUT2D eigenvalue weighted by atomic mass is 19.4. The van der Waals surface area contributed by atoms with Crippen molar-refractivity contribution in [2.75, 3.05) is 6.61 Å². The summed E-state index contributed by atoms with van der Waals surface area (Å²) in [6, 6.07) is 4.16. The van der Waals surface area contributed by atoms with E-state index < -0.39 is 11.9 Å². The molecule has 3 nitrogen and oxygen atoms in total. The highest BCUT2D eigenvalue weighted by Gasteiger charge is 2.31. The van der Waals surface area contributed by atoms with Gasteiger partial charge in [-0.2, -0.15) is 0 Å². The van der Waals surface area contributed by atoms with E-state index >= 15 is 0 Å². The van der Waals surface area contributed by atoms with Crippen molar-refractivity contribution >= 4 is 0 Å². The second kappa shape index (κ2) is 9.01. The zero-order valence-corrected chi connectivity index (χ0v) is 14.8. The van der Waals surface area contributed by atoms with Crippen LogP contribution in [0.4, 0.5) is 13.2 Å². The maximum absolute atomic E-state index is 12.3. The first-order valence-electron chi connectivity index (χ1n) is 7.79. The molecular formula is C17H28F3NO2. The number of benzene rings is 1. The van der Waals surface area contributed by atoms with E-state index in [0.717, 1.165) is 5.56 Å². The largest absolute Gasteiger partial charge is 0.573 e. The van der Waals surface area contributed by atoms with Crippen molar-refractivity contribution in [3.8, 4) is 11.5 Å². The third kappa shape index (κ3) is 9.33. The molecule has 1 aromatic rings. The van der Waals surface area contributed by atoms with Crippen molar-refractivity contribution in [3.05, 3.63) is 23.8 Å². The highest BCUT2D eigenvalue weighted by molar-refractivity contribution is 5.42. The number of nitrogens with two attached hydrogens (primary N) is 1. The number of halogens is 3. The minimum absolute atomic E-state index is 0.130. The first kappa shape index (κ1) is 21.6. The van der Waals surface area contributed by atoms with Crippen LogP contribution in [0, 0.1) is 0 Å². The van der Waals surface area contributed by atoms with E-state index in [0.29, 0.717) is 18.8 Å². The van der Waals surface area contributed by atoms with Crippen LogP contribution in [0.1, 0.15) is 59.4 Å². The Morgan fingerprint density at radius 3 is 2.13 bits per heavy atom. The zero-order chi connectivity index (χ0) is 18.3. The molecule has 1 rings (SSSR count). The van der Waals surface area contributed by atoms with Gasteiger partial charge in [-0.05, 0) is 37.8 Å². The lowest BCUT2D eigenvalue weighted by molar-refractivity contribution is -0.274. The molecule has 6 heteroatoms. The normalized spacial score (nSPS) is 11.8. The van der Waals surface area contributed by atoms with E-state index in [-0.39, 0.29) is 11.7 Å². The van der Waals surface area contributed by atoms with Crippen LogP contribution in [0.15, 0.2) is 18.2 Å². The SMILES string of the molecule is CC.CC(C)c1ccc(OC(F)(F)F)cc1OCCC(C)(C)N. The molecule has 0 aliphatic carbocycles. The van der Waals surface area contributed by atoms with Gasteiger partial charge < -0.3 is 15.2 Å². The van der Waals surface area contributed by atoms with Crippen LogP contribution < -0.4 is 15.2 Å². The molecule has 0 bridgehead atoms. The summed E-state index contributed by atoms with van der Waals surface area (Å²) in [5.41, 5.74) is 6.30. The van der Waals surface area contributed by atoms with Crippen LogP contribution in [0.2, 0.25) is 0 Å². The summed E-state index contributed by atoms with van der Waals surface area (Å²) >= 11 is 0. The Balaban J connectivity index is 0.00000232. The summed E-state index contributed by atoms with van der Waals surface area (Å²) in [6.07, 6.45) is -4.12. The average Bonchev–Trinajstić information content (AvgIpc) is 2.37. The van der Waals surface area contributed by atoms with Crippen LogP contribution >= 0.6 is 0 Å². The average molecular weight is 335 g/mol. The number of hydrogen-bond donors (Lipinski definition) is 1. The molecular weight excluding hydrogens is 307 g/mol. The van der Waals surface area contributed by atoms with Crippen molar-refractivity contribution in [2.24, 2.45) is 5.73 Å². The molecule has 0 aliphatic heterocycles. The molecule has 0 aromatic heterocycles. The molecule has 0 saturated carbocycles. The first-order chi connectivity index (χ1) is 10.5. The zero-order valence-electron chi connectivity index (χ0n) is 14.8. The van der Waals surface area contributed by atoms with Crippen LogP contribution in [0.25, 0.3) is 0 Å². The van der Waals surface area contributed by atoms with Crippen molar-refractivity contribution in [3.63, 3.8) is 0 Å². The van der Waals surface area contributed by atoms with Gasteiger partial charge in [0.25, 0.3) is 0 Å². The Hall–Kier alpha value is -1.43. The smallest absolute Gasteiger partial charge is 0.493 e. The number of alkyl halides is 3. The van der Waals surface area contributed by atoms with Gasteiger partial charge in [0.15, 0.2) is 0 Å². The molecule has 0 heterocycles. The minimum atomic E-state index is -4.71. The monoisotopic (exact) mass is 335 g/mol. The number of hydrogen-bond acceptors (Lipinski definition) is 3. The van der Waals surface area contributed by atoms with E-state index in [4.69, 9.17) is 10.5 Å². The Kier molecular flexibility index (Phi) is 8.45. The summed E-state index contributed by atoms with van der Waals surface area (Å²) in [5.74, 6) is 0.246. The van der Waals surface area contributed by atoms with Crippen molar-refractivity contribution in [1.29, 1.82) is 0 Å². The lowest BCUT2D eigenvalue weighted by Gasteiger charge is -2.20. The molecule has 0 saturated heterocycles. The maximum Gasteiger partial charge on any atom is 0.573 e. The van der Waals surface area contributed by atoms with Crippen molar-refractivity contribution in [1.82, 2.24) is 0 Å². The van der Waals surface area contributed by atoms with Gasteiger partial charge in [-0.25, -0.2) is 0 Å². The fraction of sp³-hybridized carbons (Fsp3) is 0.647. The van der Waals surface area contributed by atoms with Gasteiger partial charge in [0.1, 0.15) is 11.5 Å². The Bertz CT molecular complexity index is 466. The van der Waals surface area contributed by atoms with Crippen LogP contribution in [0.3, 0.4) is 0 Å². The second-order valence-electron chi connectivity index (χ2n) is 5.99. The Morgan fingerprint density at radius 2 is 1.70 bits per heavy atom. The maximum atomic E-state index is 12.3. The van der Waals surface area contributed by atoms with E-state index in [2.05, 4.69) is 4.74 Å². The molecule has 0 fully saturated rings. The molecule has 134 valence electrons. The van der Waals surface area contributed by atoms with Gasteiger partial charge in [-0.1, -0.05) is 33.8 Å².